The molecule has 0 spiro atoms. The van der Waals surface area contributed by atoms with Crippen molar-refractivity contribution in [2.75, 3.05) is 19.6 Å². The molecule has 0 aromatic carbocycles. The van der Waals surface area contributed by atoms with Gasteiger partial charge in [-0.15, -0.1) is 0 Å². The number of hydrogen-bond donors (Lipinski definition) is 1. The molecule has 1 saturated heterocycles. The molecule has 2 rings (SSSR count). The SMILES string of the molecule is Cc1cnn(CCN2CC(C)NC(C)C2)c1. The Morgan fingerprint density at radius 3 is 2.56 bits per heavy atom. The van der Waals surface area contributed by atoms with E-state index in [0.717, 1.165) is 26.2 Å². The van der Waals surface area contributed by atoms with Gasteiger partial charge in [0.2, 0.25) is 0 Å². The van der Waals surface area contributed by atoms with E-state index in [1.54, 1.807) is 0 Å². The maximum Gasteiger partial charge on any atom is 0.0536 e. The summed E-state index contributed by atoms with van der Waals surface area (Å²) in [7, 11) is 0. The van der Waals surface area contributed by atoms with Gasteiger partial charge in [0.05, 0.1) is 12.7 Å². The second-order valence-corrected chi connectivity index (χ2v) is 5.01. The predicted octanol–water partition coefficient (Wildman–Crippen LogP) is 0.874. The van der Waals surface area contributed by atoms with Crippen molar-refractivity contribution in [2.45, 2.75) is 39.4 Å². The molecule has 1 aliphatic rings. The Hall–Kier alpha value is -0.870. The third kappa shape index (κ3) is 3.06. The average molecular weight is 222 g/mol. The maximum absolute atomic E-state index is 4.31. The minimum Gasteiger partial charge on any atom is -0.309 e. The highest BCUT2D eigenvalue weighted by Gasteiger charge is 2.20. The van der Waals surface area contributed by atoms with Crippen LogP contribution in [0.25, 0.3) is 0 Å². The van der Waals surface area contributed by atoms with Crippen LogP contribution in [0.2, 0.25) is 0 Å². The smallest absolute Gasteiger partial charge is 0.0536 e. The Kier molecular flexibility index (Phi) is 3.61. The molecule has 2 heterocycles. The molecule has 90 valence electrons. The molecule has 1 fully saturated rings. The Morgan fingerprint density at radius 1 is 1.31 bits per heavy atom. The molecule has 16 heavy (non-hydrogen) atoms. The van der Waals surface area contributed by atoms with E-state index in [4.69, 9.17) is 0 Å². The van der Waals surface area contributed by atoms with Crippen LogP contribution in [0.15, 0.2) is 12.4 Å². The molecular formula is C12H22N4. The van der Waals surface area contributed by atoms with Crippen molar-refractivity contribution in [1.82, 2.24) is 20.0 Å². The van der Waals surface area contributed by atoms with Gasteiger partial charge >= 0.3 is 0 Å². The van der Waals surface area contributed by atoms with Crippen molar-refractivity contribution in [2.24, 2.45) is 0 Å². The number of rotatable bonds is 3. The van der Waals surface area contributed by atoms with E-state index in [0.29, 0.717) is 12.1 Å². The molecule has 0 radical (unpaired) electrons. The molecule has 0 aliphatic carbocycles. The number of nitrogens with zero attached hydrogens (tertiary/aromatic N) is 3. The van der Waals surface area contributed by atoms with Crippen molar-refractivity contribution in [3.05, 3.63) is 18.0 Å². The molecule has 1 N–H and O–H groups in total. The molecular weight excluding hydrogens is 200 g/mol. The number of hydrogen-bond acceptors (Lipinski definition) is 3. The predicted molar refractivity (Wildman–Crippen MR) is 65.5 cm³/mol. The molecule has 1 aliphatic heterocycles. The van der Waals surface area contributed by atoms with Crippen LogP contribution in [0.3, 0.4) is 0 Å². The van der Waals surface area contributed by atoms with Crippen LogP contribution in [-0.4, -0.2) is 46.4 Å². The van der Waals surface area contributed by atoms with E-state index in [1.807, 2.05) is 10.9 Å². The summed E-state index contributed by atoms with van der Waals surface area (Å²) in [5.41, 5.74) is 1.24. The zero-order valence-corrected chi connectivity index (χ0v) is 10.5. The Morgan fingerprint density at radius 2 is 2.00 bits per heavy atom. The van der Waals surface area contributed by atoms with Gasteiger partial charge in [-0.05, 0) is 26.3 Å². The lowest BCUT2D eigenvalue weighted by atomic mass is 10.1. The van der Waals surface area contributed by atoms with Crippen molar-refractivity contribution in [1.29, 1.82) is 0 Å². The Bertz CT molecular complexity index is 324. The van der Waals surface area contributed by atoms with Crippen LogP contribution in [0.5, 0.6) is 0 Å². The van der Waals surface area contributed by atoms with Crippen molar-refractivity contribution < 1.29 is 0 Å². The monoisotopic (exact) mass is 222 g/mol. The van der Waals surface area contributed by atoms with Gasteiger partial charge < -0.3 is 5.32 Å². The first-order valence-corrected chi connectivity index (χ1v) is 6.11. The van der Waals surface area contributed by atoms with Gasteiger partial charge in [0.1, 0.15) is 0 Å². The fraction of sp³-hybridized carbons (Fsp3) is 0.750. The fourth-order valence-electron chi connectivity index (χ4n) is 2.46. The highest BCUT2D eigenvalue weighted by atomic mass is 15.3. The highest BCUT2D eigenvalue weighted by Crippen LogP contribution is 2.04. The molecule has 2 unspecified atom stereocenters. The fourth-order valence-corrected chi connectivity index (χ4v) is 2.46. The van der Waals surface area contributed by atoms with E-state index < -0.39 is 0 Å². The van der Waals surface area contributed by atoms with E-state index in [2.05, 4.69) is 42.3 Å². The first-order chi connectivity index (χ1) is 7.63. The quantitative estimate of drug-likeness (QED) is 0.824. The molecule has 1 aromatic heterocycles. The molecule has 0 saturated carbocycles. The van der Waals surface area contributed by atoms with Crippen LogP contribution in [0.4, 0.5) is 0 Å². The third-order valence-corrected chi connectivity index (χ3v) is 3.04. The molecule has 1 aromatic rings. The van der Waals surface area contributed by atoms with Gasteiger partial charge in [0.25, 0.3) is 0 Å². The van der Waals surface area contributed by atoms with Crippen molar-refractivity contribution >= 4 is 0 Å². The van der Waals surface area contributed by atoms with Crippen LogP contribution in [-0.2, 0) is 6.54 Å². The minimum atomic E-state index is 0.600. The van der Waals surface area contributed by atoms with Crippen molar-refractivity contribution in [3.63, 3.8) is 0 Å². The lowest BCUT2D eigenvalue weighted by molar-refractivity contribution is 0.166. The lowest BCUT2D eigenvalue weighted by Crippen LogP contribution is -2.54. The Labute approximate surface area is 97.6 Å². The van der Waals surface area contributed by atoms with Crippen LogP contribution in [0.1, 0.15) is 19.4 Å². The Balaban J connectivity index is 1.81. The summed E-state index contributed by atoms with van der Waals surface area (Å²) < 4.78 is 2.03. The molecule has 0 amide bonds. The summed E-state index contributed by atoms with van der Waals surface area (Å²) in [5, 5.41) is 7.86. The molecule has 0 bridgehead atoms. The largest absolute Gasteiger partial charge is 0.309 e. The highest BCUT2D eigenvalue weighted by molar-refractivity contribution is 4.99. The second kappa shape index (κ2) is 4.97. The maximum atomic E-state index is 4.31. The minimum absolute atomic E-state index is 0.600. The van der Waals surface area contributed by atoms with Gasteiger partial charge in [0.15, 0.2) is 0 Å². The molecule has 4 heteroatoms. The van der Waals surface area contributed by atoms with Crippen LogP contribution < -0.4 is 5.32 Å². The standard InChI is InChI=1S/C12H22N4/c1-10-6-13-16(7-10)5-4-15-8-11(2)14-12(3)9-15/h6-7,11-12,14H,4-5,8-9H2,1-3H3. The van der Waals surface area contributed by atoms with E-state index in [1.165, 1.54) is 5.56 Å². The summed E-state index contributed by atoms with van der Waals surface area (Å²) in [5.74, 6) is 0. The summed E-state index contributed by atoms with van der Waals surface area (Å²) in [6, 6.07) is 1.20. The summed E-state index contributed by atoms with van der Waals surface area (Å²) in [4.78, 5) is 2.52. The zero-order valence-electron chi connectivity index (χ0n) is 10.5. The van der Waals surface area contributed by atoms with E-state index in [-0.39, 0.29) is 0 Å². The first kappa shape index (κ1) is 11.6. The van der Waals surface area contributed by atoms with Crippen molar-refractivity contribution in [3.8, 4) is 0 Å². The number of aryl methyl sites for hydroxylation is 1. The van der Waals surface area contributed by atoms with Gasteiger partial charge in [-0.1, -0.05) is 0 Å². The van der Waals surface area contributed by atoms with Gasteiger partial charge in [-0.3, -0.25) is 9.58 Å². The summed E-state index contributed by atoms with van der Waals surface area (Å²) in [6.07, 6.45) is 4.03. The second-order valence-electron chi connectivity index (χ2n) is 5.01. The van der Waals surface area contributed by atoms with Gasteiger partial charge in [0, 0.05) is 37.9 Å². The summed E-state index contributed by atoms with van der Waals surface area (Å²) >= 11 is 0. The zero-order chi connectivity index (χ0) is 11.5. The number of nitrogens with one attached hydrogen (secondary N) is 1. The van der Waals surface area contributed by atoms with E-state index in [9.17, 15) is 0 Å². The molecule has 2 atom stereocenters. The van der Waals surface area contributed by atoms with Gasteiger partial charge in [-0.2, -0.15) is 5.10 Å². The number of aromatic nitrogens is 2. The van der Waals surface area contributed by atoms with Crippen LogP contribution in [0, 0.1) is 6.92 Å². The normalized spacial score (nSPS) is 27.2. The average Bonchev–Trinajstić information content (AvgIpc) is 2.60. The number of piperazine rings is 1. The van der Waals surface area contributed by atoms with E-state index >= 15 is 0 Å². The van der Waals surface area contributed by atoms with Gasteiger partial charge in [-0.25, -0.2) is 0 Å². The third-order valence-electron chi connectivity index (χ3n) is 3.04. The van der Waals surface area contributed by atoms with Crippen LogP contribution >= 0.6 is 0 Å². The molecule has 4 nitrogen and oxygen atoms in total. The lowest BCUT2D eigenvalue weighted by Gasteiger charge is -2.36. The topological polar surface area (TPSA) is 33.1 Å². The summed E-state index contributed by atoms with van der Waals surface area (Å²) in [6.45, 7) is 11.0. The first-order valence-electron chi connectivity index (χ1n) is 6.11.